The monoisotopic (exact) mass is 292 g/mol. The Morgan fingerprint density at radius 3 is 2.48 bits per heavy atom. The Hall–Kier alpha value is -0.870. The summed E-state index contributed by atoms with van der Waals surface area (Å²) in [5, 5.41) is 10.8. The van der Waals surface area contributed by atoms with Gasteiger partial charge in [0, 0.05) is 25.6 Å². The van der Waals surface area contributed by atoms with Gasteiger partial charge in [0.05, 0.1) is 5.60 Å². The highest BCUT2D eigenvalue weighted by Gasteiger charge is 2.37. The number of rotatable bonds is 3. The lowest BCUT2D eigenvalue weighted by atomic mass is 9.88. The van der Waals surface area contributed by atoms with Gasteiger partial charge in [-0.3, -0.25) is 4.79 Å². The van der Waals surface area contributed by atoms with E-state index in [4.69, 9.17) is 0 Å². The lowest BCUT2D eigenvalue weighted by Gasteiger charge is -2.41. The normalized spacial score (nSPS) is 29.8. The predicted octanol–water partition coefficient (Wildman–Crippen LogP) is 1.79. The van der Waals surface area contributed by atoms with Crippen LogP contribution in [-0.2, 0) is 4.79 Å². The summed E-state index contributed by atoms with van der Waals surface area (Å²) in [6.07, 6.45) is 11.2. The number of nitrogens with zero attached hydrogens (tertiary/aromatic N) is 2. The Morgan fingerprint density at radius 2 is 1.86 bits per heavy atom. The zero-order chi connectivity index (χ0) is 14.7. The minimum absolute atomic E-state index is 0.180. The highest BCUT2D eigenvalue weighted by molar-refractivity contribution is 5.79. The summed E-state index contributed by atoms with van der Waals surface area (Å²) < 4.78 is 0. The number of hydrogen-bond acceptors (Lipinski definition) is 3. The van der Waals surface area contributed by atoms with Crippen LogP contribution in [0.3, 0.4) is 0 Å². The van der Waals surface area contributed by atoms with Gasteiger partial charge in [0.1, 0.15) is 0 Å². The molecule has 4 nitrogen and oxygen atoms in total. The van der Waals surface area contributed by atoms with Crippen LogP contribution < -0.4 is 0 Å². The second-order valence-corrected chi connectivity index (χ2v) is 7.01. The van der Waals surface area contributed by atoms with E-state index in [0.29, 0.717) is 5.91 Å². The fraction of sp³-hybridized carbons (Fsp3) is 0.824. The molecule has 118 valence electrons. The summed E-state index contributed by atoms with van der Waals surface area (Å²) in [5.41, 5.74) is -0.576. The van der Waals surface area contributed by atoms with Crippen LogP contribution in [0.25, 0.3) is 0 Å². The van der Waals surface area contributed by atoms with E-state index < -0.39 is 5.60 Å². The van der Waals surface area contributed by atoms with Crippen LogP contribution in [0.1, 0.15) is 44.9 Å². The summed E-state index contributed by atoms with van der Waals surface area (Å²) in [6, 6.07) is 0. The molecule has 3 rings (SSSR count). The van der Waals surface area contributed by atoms with E-state index in [0.717, 1.165) is 64.8 Å². The van der Waals surface area contributed by atoms with Gasteiger partial charge < -0.3 is 14.9 Å². The molecule has 0 aromatic heterocycles. The van der Waals surface area contributed by atoms with Crippen molar-refractivity contribution >= 4 is 5.91 Å². The SMILES string of the molecule is O=C([C@@H]1CC=CCC1)N1CCC(O)(CN2CCCC2)CC1. The van der Waals surface area contributed by atoms with Crippen molar-refractivity contribution in [2.24, 2.45) is 5.92 Å². The first-order valence-electron chi connectivity index (χ1n) is 8.55. The third kappa shape index (κ3) is 3.67. The molecule has 0 unspecified atom stereocenters. The number of carbonyl (C=O) groups is 1. The molecule has 1 atom stereocenters. The molecule has 0 aromatic rings. The van der Waals surface area contributed by atoms with E-state index in [1.165, 1.54) is 12.8 Å². The van der Waals surface area contributed by atoms with Crippen molar-refractivity contribution in [1.29, 1.82) is 0 Å². The number of β-amino-alcohol motifs (C(OH)–C–C–N with tert-alkyl or cyclic N) is 1. The van der Waals surface area contributed by atoms with Crippen molar-refractivity contribution in [2.75, 3.05) is 32.7 Å². The van der Waals surface area contributed by atoms with Gasteiger partial charge in [-0.15, -0.1) is 0 Å². The third-order valence-electron chi connectivity index (χ3n) is 5.34. The van der Waals surface area contributed by atoms with Gasteiger partial charge >= 0.3 is 0 Å². The van der Waals surface area contributed by atoms with E-state index in [1.807, 2.05) is 4.90 Å². The smallest absolute Gasteiger partial charge is 0.226 e. The van der Waals surface area contributed by atoms with Gasteiger partial charge in [0.25, 0.3) is 0 Å². The van der Waals surface area contributed by atoms with E-state index >= 15 is 0 Å². The molecule has 1 aliphatic carbocycles. The number of allylic oxidation sites excluding steroid dienone is 2. The zero-order valence-electron chi connectivity index (χ0n) is 13.0. The minimum Gasteiger partial charge on any atom is -0.388 e. The molecule has 2 heterocycles. The fourth-order valence-electron chi connectivity index (χ4n) is 3.93. The standard InChI is InChI=1S/C17H28N2O2/c20-16(15-6-2-1-3-7-15)19-12-8-17(21,9-13-19)14-18-10-4-5-11-18/h1-2,15,21H,3-14H2/t15-/m1/s1. The molecule has 0 radical (unpaired) electrons. The van der Waals surface area contributed by atoms with Crippen LogP contribution in [0.15, 0.2) is 12.2 Å². The molecule has 21 heavy (non-hydrogen) atoms. The second kappa shape index (κ2) is 6.49. The number of hydrogen-bond donors (Lipinski definition) is 1. The summed E-state index contributed by atoms with van der Waals surface area (Å²) >= 11 is 0. The van der Waals surface area contributed by atoms with Crippen molar-refractivity contribution in [1.82, 2.24) is 9.80 Å². The van der Waals surface area contributed by atoms with E-state index in [2.05, 4.69) is 17.1 Å². The average Bonchev–Trinajstić information content (AvgIpc) is 3.00. The first-order chi connectivity index (χ1) is 10.2. The molecule has 3 aliphatic rings. The largest absolute Gasteiger partial charge is 0.388 e. The van der Waals surface area contributed by atoms with Crippen molar-refractivity contribution < 1.29 is 9.90 Å². The summed E-state index contributed by atoms with van der Waals surface area (Å²) in [7, 11) is 0. The Bertz CT molecular complexity index is 394. The number of piperidine rings is 1. The van der Waals surface area contributed by atoms with Crippen molar-refractivity contribution in [3.63, 3.8) is 0 Å². The first kappa shape index (κ1) is 15.0. The molecular formula is C17H28N2O2. The van der Waals surface area contributed by atoms with E-state index in [9.17, 15) is 9.90 Å². The Labute approximate surface area is 127 Å². The van der Waals surface area contributed by atoms with Crippen molar-refractivity contribution in [3.05, 3.63) is 12.2 Å². The average molecular weight is 292 g/mol. The summed E-state index contributed by atoms with van der Waals surface area (Å²) in [4.78, 5) is 16.9. The molecule has 4 heteroatoms. The molecule has 1 N–H and O–H groups in total. The van der Waals surface area contributed by atoms with Crippen molar-refractivity contribution in [2.45, 2.75) is 50.5 Å². The van der Waals surface area contributed by atoms with Crippen LogP contribution >= 0.6 is 0 Å². The quantitative estimate of drug-likeness (QED) is 0.807. The molecule has 0 aromatic carbocycles. The van der Waals surface area contributed by atoms with Crippen LogP contribution in [0, 0.1) is 5.92 Å². The summed E-state index contributed by atoms with van der Waals surface area (Å²) in [5.74, 6) is 0.488. The van der Waals surface area contributed by atoms with Gasteiger partial charge in [0.15, 0.2) is 0 Å². The van der Waals surface area contributed by atoms with Crippen molar-refractivity contribution in [3.8, 4) is 0 Å². The topological polar surface area (TPSA) is 43.8 Å². The maximum absolute atomic E-state index is 12.5. The predicted molar refractivity (Wildman–Crippen MR) is 82.9 cm³/mol. The molecular weight excluding hydrogens is 264 g/mol. The molecule has 2 saturated heterocycles. The van der Waals surface area contributed by atoms with Gasteiger partial charge in [-0.25, -0.2) is 0 Å². The zero-order valence-corrected chi connectivity index (χ0v) is 13.0. The highest BCUT2D eigenvalue weighted by atomic mass is 16.3. The van der Waals surface area contributed by atoms with Gasteiger partial charge in [-0.1, -0.05) is 12.2 Å². The van der Waals surface area contributed by atoms with Gasteiger partial charge in [-0.05, 0) is 58.0 Å². The third-order valence-corrected chi connectivity index (χ3v) is 5.34. The van der Waals surface area contributed by atoms with Crippen LogP contribution in [0.4, 0.5) is 0 Å². The molecule has 1 amide bonds. The Morgan fingerprint density at radius 1 is 1.14 bits per heavy atom. The first-order valence-corrected chi connectivity index (χ1v) is 8.55. The molecule has 0 bridgehead atoms. The fourth-order valence-corrected chi connectivity index (χ4v) is 3.93. The Balaban J connectivity index is 1.49. The van der Waals surface area contributed by atoms with E-state index in [1.54, 1.807) is 0 Å². The number of aliphatic hydroxyl groups is 1. The number of likely N-dealkylation sites (tertiary alicyclic amines) is 2. The van der Waals surface area contributed by atoms with Crippen LogP contribution in [0.2, 0.25) is 0 Å². The molecule has 0 spiro atoms. The Kier molecular flexibility index (Phi) is 4.65. The number of carbonyl (C=O) groups excluding carboxylic acids is 1. The number of amides is 1. The van der Waals surface area contributed by atoms with Gasteiger partial charge in [0.2, 0.25) is 5.91 Å². The lowest BCUT2D eigenvalue weighted by Crippen LogP contribution is -2.52. The maximum Gasteiger partial charge on any atom is 0.226 e. The second-order valence-electron chi connectivity index (χ2n) is 7.01. The van der Waals surface area contributed by atoms with E-state index in [-0.39, 0.29) is 5.92 Å². The van der Waals surface area contributed by atoms with Gasteiger partial charge in [-0.2, -0.15) is 0 Å². The molecule has 0 saturated carbocycles. The molecule has 2 aliphatic heterocycles. The lowest BCUT2D eigenvalue weighted by molar-refractivity contribution is -0.140. The molecule has 2 fully saturated rings. The van der Waals surface area contributed by atoms with Crippen LogP contribution in [-0.4, -0.2) is 59.1 Å². The summed E-state index contributed by atoms with van der Waals surface area (Å²) in [6.45, 7) is 4.49. The highest BCUT2D eigenvalue weighted by Crippen LogP contribution is 2.28. The maximum atomic E-state index is 12.5. The minimum atomic E-state index is -0.576. The van der Waals surface area contributed by atoms with Crippen LogP contribution in [0.5, 0.6) is 0 Å².